The zero-order valence-electron chi connectivity index (χ0n) is 12.1. The summed E-state index contributed by atoms with van der Waals surface area (Å²) in [6.07, 6.45) is 6.39. The Kier molecular flexibility index (Phi) is 3.50. The smallest absolute Gasteiger partial charge is 0.287 e. The van der Waals surface area contributed by atoms with Crippen LogP contribution < -0.4 is 5.32 Å². The lowest BCUT2D eigenvalue weighted by Gasteiger charge is -2.37. The first kappa shape index (κ1) is 13.8. The number of aryl methyl sites for hydroxylation is 2. The summed E-state index contributed by atoms with van der Waals surface area (Å²) in [6.45, 7) is 1.85. The van der Waals surface area contributed by atoms with Crippen LogP contribution in [0, 0.1) is 12.8 Å². The zero-order valence-corrected chi connectivity index (χ0v) is 12.1. The Bertz CT molecular complexity index is 641. The minimum atomic E-state index is -0.267. The molecule has 1 saturated carbocycles. The number of carbonyl (C=O) groups excluding carboxylic acids is 1. The van der Waals surface area contributed by atoms with Crippen molar-refractivity contribution in [1.82, 2.24) is 25.1 Å². The van der Waals surface area contributed by atoms with Crippen LogP contribution in [0.1, 0.15) is 40.8 Å². The van der Waals surface area contributed by atoms with Crippen LogP contribution in [0.4, 0.5) is 0 Å². The van der Waals surface area contributed by atoms with Crippen LogP contribution in [-0.4, -0.2) is 36.9 Å². The molecule has 1 aliphatic carbocycles. The van der Waals surface area contributed by atoms with Crippen molar-refractivity contribution >= 4 is 5.91 Å². The molecule has 1 amide bonds. The van der Waals surface area contributed by atoms with Gasteiger partial charge in [-0.3, -0.25) is 9.48 Å². The highest BCUT2D eigenvalue weighted by molar-refractivity contribution is 5.90. The molecule has 2 aromatic rings. The molecule has 0 bridgehead atoms. The normalized spacial score (nSPS) is 22.6. The maximum atomic E-state index is 12.3. The van der Waals surface area contributed by atoms with Gasteiger partial charge in [0.2, 0.25) is 0 Å². The van der Waals surface area contributed by atoms with Gasteiger partial charge in [0.15, 0.2) is 5.82 Å². The van der Waals surface area contributed by atoms with Crippen molar-refractivity contribution in [2.24, 2.45) is 13.0 Å². The number of H-pyrrole nitrogens is 1. The molecule has 0 aromatic carbocycles. The molecule has 0 unspecified atom stereocenters. The number of amides is 1. The molecule has 0 aliphatic heterocycles. The molecule has 7 nitrogen and oxygen atoms in total. The molecule has 0 radical (unpaired) electrons. The summed E-state index contributed by atoms with van der Waals surface area (Å²) >= 11 is 0. The van der Waals surface area contributed by atoms with E-state index >= 15 is 0 Å². The van der Waals surface area contributed by atoms with Gasteiger partial charge in [-0.2, -0.15) is 5.10 Å². The first-order valence-electron chi connectivity index (χ1n) is 7.02. The maximum absolute atomic E-state index is 12.3. The van der Waals surface area contributed by atoms with Crippen molar-refractivity contribution in [3.05, 3.63) is 35.7 Å². The third-order valence-electron chi connectivity index (χ3n) is 3.91. The fourth-order valence-corrected chi connectivity index (χ4v) is 2.71. The summed E-state index contributed by atoms with van der Waals surface area (Å²) in [7, 11) is 1.84. The molecule has 2 heterocycles. The third kappa shape index (κ3) is 2.82. The van der Waals surface area contributed by atoms with Gasteiger partial charge in [0, 0.05) is 30.7 Å². The maximum Gasteiger partial charge on any atom is 0.287 e. The molecule has 0 saturated heterocycles. The molecular formula is C14H19N5O2. The number of nitrogens with one attached hydrogen (secondary N) is 2. The summed E-state index contributed by atoms with van der Waals surface area (Å²) in [6, 6.07) is -0.153. The van der Waals surface area contributed by atoms with Crippen LogP contribution in [-0.2, 0) is 7.05 Å². The van der Waals surface area contributed by atoms with Crippen LogP contribution in [0.3, 0.4) is 0 Å². The second-order valence-electron chi connectivity index (χ2n) is 5.70. The number of rotatable bonds is 4. The zero-order chi connectivity index (χ0) is 15.0. The van der Waals surface area contributed by atoms with Crippen molar-refractivity contribution in [1.29, 1.82) is 0 Å². The minimum absolute atomic E-state index is 0.153. The molecule has 0 spiro atoms. The molecule has 1 atom stereocenters. The van der Waals surface area contributed by atoms with E-state index in [0.717, 1.165) is 11.3 Å². The van der Waals surface area contributed by atoms with Gasteiger partial charge >= 0.3 is 0 Å². The summed E-state index contributed by atoms with van der Waals surface area (Å²) in [5, 5.41) is 16.7. The highest BCUT2D eigenvalue weighted by Gasteiger charge is 2.36. The second-order valence-corrected chi connectivity index (χ2v) is 5.70. The summed E-state index contributed by atoms with van der Waals surface area (Å²) in [4.78, 5) is 19.3. The van der Waals surface area contributed by atoms with E-state index < -0.39 is 0 Å². The lowest BCUT2D eigenvalue weighted by Crippen LogP contribution is -2.41. The monoisotopic (exact) mass is 289 g/mol. The number of hydrogen-bond donors (Lipinski definition) is 3. The van der Waals surface area contributed by atoms with Gasteiger partial charge < -0.3 is 15.4 Å². The Balaban J connectivity index is 1.77. The van der Waals surface area contributed by atoms with E-state index in [2.05, 4.69) is 20.4 Å². The van der Waals surface area contributed by atoms with E-state index in [1.165, 1.54) is 0 Å². The number of carbonyl (C=O) groups is 1. The van der Waals surface area contributed by atoms with Crippen LogP contribution in [0.5, 0.6) is 0 Å². The van der Waals surface area contributed by atoms with Gasteiger partial charge in [0.05, 0.1) is 18.3 Å². The van der Waals surface area contributed by atoms with Crippen LogP contribution >= 0.6 is 0 Å². The predicted molar refractivity (Wildman–Crippen MR) is 75.5 cm³/mol. The third-order valence-corrected chi connectivity index (χ3v) is 3.91. The number of aromatic amines is 1. The lowest BCUT2D eigenvalue weighted by atomic mass is 9.75. The second kappa shape index (κ2) is 5.33. The van der Waals surface area contributed by atoms with E-state index in [4.69, 9.17) is 0 Å². The van der Waals surface area contributed by atoms with Gasteiger partial charge in [0.25, 0.3) is 5.91 Å². The Labute approximate surface area is 122 Å². The van der Waals surface area contributed by atoms with Crippen LogP contribution in [0.25, 0.3) is 0 Å². The van der Waals surface area contributed by atoms with Gasteiger partial charge in [-0.1, -0.05) is 0 Å². The highest BCUT2D eigenvalue weighted by atomic mass is 16.3. The van der Waals surface area contributed by atoms with E-state index in [1.807, 2.05) is 20.2 Å². The Morgan fingerprint density at radius 2 is 2.29 bits per heavy atom. The Morgan fingerprint density at radius 1 is 1.52 bits per heavy atom. The number of aromatic nitrogens is 4. The van der Waals surface area contributed by atoms with Crippen molar-refractivity contribution in [3.8, 4) is 0 Å². The largest absolute Gasteiger partial charge is 0.393 e. The van der Waals surface area contributed by atoms with Crippen molar-refractivity contribution in [2.75, 3.05) is 0 Å². The first-order chi connectivity index (χ1) is 10.0. The first-order valence-corrected chi connectivity index (χ1v) is 7.02. The molecule has 1 fully saturated rings. The number of aliphatic hydroxyl groups excluding tert-OH is 1. The van der Waals surface area contributed by atoms with E-state index in [9.17, 15) is 9.90 Å². The SMILES string of the molecule is Cc1cnc(C(=O)N[C@@H](c2cnn(C)c2)C2CC(O)C2)[nH]1. The van der Waals surface area contributed by atoms with E-state index in [1.54, 1.807) is 17.1 Å². The molecule has 3 N–H and O–H groups in total. The topological polar surface area (TPSA) is 95.8 Å². The minimum Gasteiger partial charge on any atom is -0.393 e. The molecule has 112 valence electrons. The number of hydrogen-bond acceptors (Lipinski definition) is 4. The van der Waals surface area contributed by atoms with E-state index in [0.29, 0.717) is 18.7 Å². The predicted octanol–water partition coefficient (Wildman–Crippen LogP) is 0.694. The van der Waals surface area contributed by atoms with Crippen LogP contribution in [0.2, 0.25) is 0 Å². The van der Waals surface area contributed by atoms with Crippen LogP contribution in [0.15, 0.2) is 18.6 Å². The summed E-state index contributed by atoms with van der Waals surface area (Å²) in [5.41, 5.74) is 1.79. The van der Waals surface area contributed by atoms with Crippen molar-refractivity contribution < 1.29 is 9.90 Å². The van der Waals surface area contributed by atoms with Gasteiger partial charge in [0.1, 0.15) is 0 Å². The highest BCUT2D eigenvalue weighted by Crippen LogP contribution is 2.38. The van der Waals surface area contributed by atoms with Crippen molar-refractivity contribution in [2.45, 2.75) is 31.9 Å². The van der Waals surface area contributed by atoms with Gasteiger partial charge in [-0.15, -0.1) is 0 Å². The molecule has 7 heteroatoms. The molecular weight excluding hydrogens is 270 g/mol. The number of imidazole rings is 1. The van der Waals surface area contributed by atoms with E-state index in [-0.39, 0.29) is 24.0 Å². The Hall–Kier alpha value is -2.15. The average Bonchev–Trinajstić information content (AvgIpc) is 3.01. The fraction of sp³-hybridized carbons (Fsp3) is 0.500. The summed E-state index contributed by atoms with van der Waals surface area (Å²) < 4.78 is 1.71. The standard InChI is InChI=1S/C14H19N5O2/c1-8-5-15-13(17-8)14(21)18-12(9-3-11(20)4-9)10-6-16-19(2)7-10/h5-7,9,11-12,20H,3-4H2,1-2H3,(H,15,17)(H,18,21)/t9?,11?,12-/m1/s1. The van der Waals surface area contributed by atoms with Gasteiger partial charge in [-0.05, 0) is 25.7 Å². The van der Waals surface area contributed by atoms with Gasteiger partial charge in [-0.25, -0.2) is 4.98 Å². The number of nitrogens with zero attached hydrogens (tertiary/aromatic N) is 3. The molecule has 3 rings (SSSR count). The molecule has 2 aromatic heterocycles. The number of aliphatic hydroxyl groups is 1. The Morgan fingerprint density at radius 3 is 2.81 bits per heavy atom. The van der Waals surface area contributed by atoms with Crippen molar-refractivity contribution in [3.63, 3.8) is 0 Å². The summed E-state index contributed by atoms with van der Waals surface area (Å²) in [5.74, 6) is 0.295. The molecule has 1 aliphatic rings. The fourth-order valence-electron chi connectivity index (χ4n) is 2.71. The average molecular weight is 289 g/mol. The molecule has 21 heavy (non-hydrogen) atoms. The quantitative estimate of drug-likeness (QED) is 0.771. The lowest BCUT2D eigenvalue weighted by molar-refractivity contribution is 0.0234.